The Labute approximate surface area is 128 Å². The smallest absolute Gasteiger partial charge is 0.242 e. The number of sulfonamides is 1. The van der Waals surface area contributed by atoms with Crippen LogP contribution < -0.4 is 10.0 Å². The molecule has 0 spiro atoms. The molecule has 0 aromatic carbocycles. The van der Waals surface area contributed by atoms with Gasteiger partial charge in [-0.15, -0.1) is 11.3 Å². The first kappa shape index (κ1) is 14.7. The van der Waals surface area contributed by atoms with Crippen molar-refractivity contribution in [2.75, 3.05) is 0 Å². The molecule has 1 aliphatic carbocycles. The Kier molecular flexibility index (Phi) is 4.12. The van der Waals surface area contributed by atoms with E-state index in [9.17, 15) is 8.42 Å². The highest BCUT2D eigenvalue weighted by Crippen LogP contribution is 2.19. The summed E-state index contributed by atoms with van der Waals surface area (Å²) in [6, 6.07) is 2.27. The maximum absolute atomic E-state index is 12.2. The molecule has 0 radical (unpaired) electrons. The topological polar surface area (TPSA) is 86.9 Å². The van der Waals surface area contributed by atoms with Gasteiger partial charge in [0, 0.05) is 35.6 Å². The van der Waals surface area contributed by atoms with E-state index in [1.54, 1.807) is 6.07 Å². The number of aryl methyl sites for hydroxylation is 1. The van der Waals surface area contributed by atoms with Gasteiger partial charge in [-0.3, -0.25) is 0 Å². The Morgan fingerprint density at radius 2 is 2.24 bits per heavy atom. The molecule has 2 aromatic rings. The van der Waals surface area contributed by atoms with Crippen LogP contribution in [0.25, 0.3) is 0 Å². The van der Waals surface area contributed by atoms with Crippen LogP contribution in [0.5, 0.6) is 0 Å². The van der Waals surface area contributed by atoms with Gasteiger partial charge >= 0.3 is 0 Å². The van der Waals surface area contributed by atoms with Crippen LogP contribution in [-0.4, -0.2) is 24.4 Å². The molecular weight excluding hydrogens is 308 g/mol. The van der Waals surface area contributed by atoms with Crippen LogP contribution in [0.1, 0.15) is 29.2 Å². The number of aromatic amines is 1. The molecule has 2 aromatic heterocycles. The number of thiazole rings is 1. The molecular formula is C13H18N4O2S2. The Morgan fingerprint density at radius 3 is 2.90 bits per heavy atom. The summed E-state index contributed by atoms with van der Waals surface area (Å²) in [5.74, 6) is 0. The van der Waals surface area contributed by atoms with Crippen LogP contribution in [0.3, 0.4) is 0 Å². The molecule has 6 nitrogen and oxygen atoms in total. The van der Waals surface area contributed by atoms with Crippen LogP contribution in [0.4, 0.5) is 0 Å². The van der Waals surface area contributed by atoms with Gasteiger partial charge in [-0.05, 0) is 25.8 Å². The first-order valence-corrected chi connectivity index (χ1v) is 9.20. The lowest BCUT2D eigenvalue weighted by Gasteiger charge is -2.02. The van der Waals surface area contributed by atoms with E-state index >= 15 is 0 Å². The summed E-state index contributed by atoms with van der Waals surface area (Å²) in [4.78, 5) is 7.51. The van der Waals surface area contributed by atoms with E-state index in [1.807, 2.05) is 12.3 Å². The van der Waals surface area contributed by atoms with Crippen molar-refractivity contribution >= 4 is 21.4 Å². The highest BCUT2D eigenvalue weighted by Gasteiger charge is 2.21. The van der Waals surface area contributed by atoms with Crippen molar-refractivity contribution in [1.29, 1.82) is 0 Å². The van der Waals surface area contributed by atoms with Crippen molar-refractivity contribution in [1.82, 2.24) is 20.0 Å². The molecule has 8 heteroatoms. The van der Waals surface area contributed by atoms with E-state index in [-0.39, 0.29) is 11.4 Å². The maximum atomic E-state index is 12.2. The van der Waals surface area contributed by atoms with E-state index in [4.69, 9.17) is 0 Å². The maximum Gasteiger partial charge on any atom is 0.242 e. The molecule has 3 N–H and O–H groups in total. The second-order valence-corrected chi connectivity index (χ2v) is 7.93. The highest BCUT2D eigenvalue weighted by molar-refractivity contribution is 7.89. The molecule has 1 saturated carbocycles. The monoisotopic (exact) mass is 326 g/mol. The Hall–Kier alpha value is -1.22. The fraction of sp³-hybridized carbons (Fsp3) is 0.462. The zero-order valence-electron chi connectivity index (χ0n) is 11.7. The molecule has 0 aliphatic heterocycles. The molecule has 1 fully saturated rings. The van der Waals surface area contributed by atoms with E-state index in [0.717, 1.165) is 16.4 Å². The quantitative estimate of drug-likeness (QED) is 0.720. The molecule has 0 unspecified atom stereocenters. The van der Waals surface area contributed by atoms with Crippen molar-refractivity contribution in [3.8, 4) is 0 Å². The highest BCUT2D eigenvalue weighted by atomic mass is 32.2. The second kappa shape index (κ2) is 5.88. The van der Waals surface area contributed by atoms with Gasteiger partial charge in [0.1, 0.15) is 5.01 Å². The van der Waals surface area contributed by atoms with Crippen LogP contribution in [-0.2, 0) is 23.1 Å². The third-order valence-corrected chi connectivity index (χ3v) is 5.61. The van der Waals surface area contributed by atoms with Gasteiger partial charge in [0.15, 0.2) is 0 Å². The Balaban J connectivity index is 1.60. The van der Waals surface area contributed by atoms with Crippen molar-refractivity contribution in [3.63, 3.8) is 0 Å². The molecule has 0 atom stereocenters. The summed E-state index contributed by atoms with van der Waals surface area (Å²) in [6.07, 6.45) is 3.95. The number of rotatable bonds is 7. The predicted octanol–water partition coefficient (Wildman–Crippen LogP) is 1.51. The largest absolute Gasteiger partial charge is 0.363 e. The second-order valence-electron chi connectivity index (χ2n) is 5.22. The first-order valence-electron chi connectivity index (χ1n) is 6.84. The average Bonchev–Trinajstić information content (AvgIpc) is 2.97. The van der Waals surface area contributed by atoms with E-state index in [0.29, 0.717) is 12.6 Å². The van der Waals surface area contributed by atoms with Gasteiger partial charge in [0.25, 0.3) is 0 Å². The molecule has 2 heterocycles. The van der Waals surface area contributed by atoms with Crippen LogP contribution in [0.2, 0.25) is 0 Å². The molecule has 114 valence electrons. The zero-order chi connectivity index (χ0) is 14.9. The number of nitrogens with one attached hydrogen (secondary N) is 3. The van der Waals surface area contributed by atoms with Crippen LogP contribution in [0.15, 0.2) is 22.5 Å². The van der Waals surface area contributed by atoms with Gasteiger partial charge in [-0.25, -0.2) is 18.1 Å². The fourth-order valence-electron chi connectivity index (χ4n) is 1.94. The summed E-state index contributed by atoms with van der Waals surface area (Å²) < 4.78 is 27.0. The summed E-state index contributed by atoms with van der Waals surface area (Å²) >= 11 is 1.45. The number of H-pyrrole nitrogens is 1. The SMILES string of the molecule is Cc1csc(CNS(=O)(=O)c2c[nH]c(CNC3CC3)c2)n1. The molecule has 0 amide bonds. The lowest BCUT2D eigenvalue weighted by molar-refractivity contribution is 0.581. The van der Waals surface area contributed by atoms with Crippen LogP contribution in [0, 0.1) is 6.92 Å². The van der Waals surface area contributed by atoms with Gasteiger partial charge in [0.2, 0.25) is 10.0 Å². The van der Waals surface area contributed by atoms with E-state index in [2.05, 4.69) is 20.0 Å². The van der Waals surface area contributed by atoms with Crippen molar-refractivity contribution in [3.05, 3.63) is 34.0 Å². The molecule has 21 heavy (non-hydrogen) atoms. The fourth-order valence-corrected chi connectivity index (χ4v) is 3.75. The normalized spacial score (nSPS) is 15.5. The molecule has 0 bridgehead atoms. The number of aromatic nitrogens is 2. The summed E-state index contributed by atoms with van der Waals surface area (Å²) in [5.41, 5.74) is 1.79. The van der Waals surface area contributed by atoms with E-state index in [1.165, 1.54) is 30.4 Å². The Morgan fingerprint density at radius 1 is 1.43 bits per heavy atom. The number of nitrogens with zero attached hydrogens (tertiary/aromatic N) is 1. The Bertz CT molecular complexity index is 716. The van der Waals surface area contributed by atoms with Crippen LogP contribution >= 0.6 is 11.3 Å². The predicted molar refractivity (Wildman–Crippen MR) is 81.5 cm³/mol. The lowest BCUT2D eigenvalue weighted by Crippen LogP contribution is -2.22. The standard InChI is InChI=1S/C13H18N4O2S2/c1-9-8-20-13(17-9)7-16-21(18,19)12-4-11(15-6-12)5-14-10-2-3-10/h4,6,8,10,14-16H,2-3,5,7H2,1H3. The minimum atomic E-state index is -3.49. The third kappa shape index (κ3) is 3.91. The lowest BCUT2D eigenvalue weighted by atomic mass is 10.4. The minimum absolute atomic E-state index is 0.224. The van der Waals surface area contributed by atoms with Gasteiger partial charge in [0.05, 0.1) is 11.4 Å². The summed E-state index contributed by atoms with van der Waals surface area (Å²) in [5, 5.41) is 6.01. The zero-order valence-corrected chi connectivity index (χ0v) is 13.4. The van der Waals surface area contributed by atoms with Crippen molar-refractivity contribution in [2.45, 2.75) is 43.8 Å². The third-order valence-electron chi connectivity index (χ3n) is 3.27. The van der Waals surface area contributed by atoms with Gasteiger partial charge in [-0.1, -0.05) is 0 Å². The summed E-state index contributed by atoms with van der Waals surface area (Å²) in [7, 11) is -3.49. The summed E-state index contributed by atoms with van der Waals surface area (Å²) in [6.45, 7) is 2.79. The molecule has 3 rings (SSSR count). The number of hydrogen-bond acceptors (Lipinski definition) is 5. The average molecular weight is 326 g/mol. The van der Waals surface area contributed by atoms with Crippen molar-refractivity contribution < 1.29 is 8.42 Å². The number of hydrogen-bond donors (Lipinski definition) is 3. The molecule has 1 aliphatic rings. The van der Waals surface area contributed by atoms with Gasteiger partial charge < -0.3 is 10.3 Å². The minimum Gasteiger partial charge on any atom is -0.363 e. The first-order chi connectivity index (χ1) is 10.0. The van der Waals surface area contributed by atoms with Crippen molar-refractivity contribution in [2.24, 2.45) is 0 Å². The van der Waals surface area contributed by atoms with Gasteiger partial charge in [-0.2, -0.15) is 0 Å². The van der Waals surface area contributed by atoms with E-state index < -0.39 is 10.0 Å². The molecule has 0 saturated heterocycles.